The number of hydrogen-bond acceptors (Lipinski definition) is 5. The molecule has 0 bridgehead atoms. The molecule has 3 rings (SSSR count). The van der Waals surface area contributed by atoms with Gasteiger partial charge >= 0.3 is 6.18 Å². The monoisotopic (exact) mass is 418 g/mol. The molecule has 0 atom stereocenters. The summed E-state index contributed by atoms with van der Waals surface area (Å²) in [6, 6.07) is 4.69. The Hall–Kier alpha value is -2.06. The van der Waals surface area contributed by atoms with E-state index in [1.807, 2.05) is 0 Å². The van der Waals surface area contributed by atoms with E-state index in [0.29, 0.717) is 35.1 Å². The lowest BCUT2D eigenvalue weighted by atomic mass is 10.2. The van der Waals surface area contributed by atoms with Crippen LogP contribution in [-0.2, 0) is 11.0 Å². The lowest BCUT2D eigenvalue weighted by molar-refractivity contribution is -0.137. The number of anilines is 3. The van der Waals surface area contributed by atoms with Gasteiger partial charge in [0.2, 0.25) is 5.95 Å². The highest BCUT2D eigenvalue weighted by Crippen LogP contribution is 2.36. The molecule has 1 aromatic heterocycles. The number of ketones is 1. The zero-order valence-corrected chi connectivity index (χ0v) is 15.5. The Morgan fingerprint density at radius 3 is 2.59 bits per heavy atom. The molecule has 1 saturated heterocycles. The molecule has 0 spiro atoms. The molecule has 5 nitrogen and oxygen atoms in total. The SMILES string of the molecule is O=C1CCCN(c2nc(Nc3ccc(Cl)c(Cl)c3)ncc2C(F)(F)F)CC1. The minimum Gasteiger partial charge on any atom is -0.355 e. The summed E-state index contributed by atoms with van der Waals surface area (Å²) >= 11 is 11.8. The molecule has 27 heavy (non-hydrogen) atoms. The van der Waals surface area contributed by atoms with Crippen molar-refractivity contribution in [2.75, 3.05) is 23.3 Å². The predicted octanol–water partition coefficient (Wildman–Crippen LogP) is 5.11. The third kappa shape index (κ3) is 4.81. The van der Waals surface area contributed by atoms with Crippen molar-refractivity contribution >= 4 is 46.4 Å². The van der Waals surface area contributed by atoms with Gasteiger partial charge in [-0.25, -0.2) is 4.98 Å². The zero-order valence-electron chi connectivity index (χ0n) is 14.0. The van der Waals surface area contributed by atoms with Crippen molar-refractivity contribution in [1.82, 2.24) is 9.97 Å². The molecule has 0 saturated carbocycles. The van der Waals surface area contributed by atoms with Crippen LogP contribution in [0, 0.1) is 0 Å². The highest BCUT2D eigenvalue weighted by atomic mass is 35.5. The molecule has 1 fully saturated rings. The number of carbonyl (C=O) groups excluding carboxylic acids is 1. The van der Waals surface area contributed by atoms with Gasteiger partial charge in [0.25, 0.3) is 0 Å². The average molecular weight is 419 g/mol. The van der Waals surface area contributed by atoms with Crippen LogP contribution in [-0.4, -0.2) is 28.8 Å². The maximum Gasteiger partial charge on any atom is 0.421 e. The Balaban J connectivity index is 1.94. The lowest BCUT2D eigenvalue weighted by Crippen LogP contribution is -2.28. The highest BCUT2D eigenvalue weighted by molar-refractivity contribution is 6.42. The van der Waals surface area contributed by atoms with E-state index in [2.05, 4.69) is 15.3 Å². The largest absolute Gasteiger partial charge is 0.421 e. The third-order valence-corrected chi connectivity index (χ3v) is 4.83. The first-order chi connectivity index (χ1) is 12.7. The molecule has 2 aromatic rings. The van der Waals surface area contributed by atoms with Crippen molar-refractivity contribution in [2.45, 2.75) is 25.4 Å². The Labute approximate surface area is 163 Å². The maximum atomic E-state index is 13.4. The first kappa shape index (κ1) is 19.7. The number of rotatable bonds is 3. The van der Waals surface area contributed by atoms with Crippen LogP contribution in [0.25, 0.3) is 0 Å². The van der Waals surface area contributed by atoms with Gasteiger partial charge < -0.3 is 10.2 Å². The van der Waals surface area contributed by atoms with Crippen molar-refractivity contribution in [3.63, 3.8) is 0 Å². The van der Waals surface area contributed by atoms with Crippen LogP contribution in [0.3, 0.4) is 0 Å². The fraction of sp³-hybridized carbons (Fsp3) is 0.353. The zero-order chi connectivity index (χ0) is 19.6. The van der Waals surface area contributed by atoms with Crippen LogP contribution in [0.4, 0.5) is 30.6 Å². The average Bonchev–Trinajstić information content (AvgIpc) is 2.82. The maximum absolute atomic E-state index is 13.4. The molecule has 10 heteroatoms. The van der Waals surface area contributed by atoms with Crippen molar-refractivity contribution in [3.8, 4) is 0 Å². The van der Waals surface area contributed by atoms with Crippen LogP contribution in [0.15, 0.2) is 24.4 Å². The normalized spacial score (nSPS) is 15.6. The van der Waals surface area contributed by atoms with E-state index in [1.54, 1.807) is 12.1 Å². The summed E-state index contributed by atoms with van der Waals surface area (Å²) in [5.74, 6) is -0.212. The minimum atomic E-state index is -4.60. The quantitative estimate of drug-likeness (QED) is 0.750. The Morgan fingerprint density at radius 1 is 1.11 bits per heavy atom. The second-order valence-electron chi connectivity index (χ2n) is 6.06. The molecule has 1 aliphatic heterocycles. The van der Waals surface area contributed by atoms with Gasteiger partial charge in [0.1, 0.15) is 17.2 Å². The van der Waals surface area contributed by atoms with E-state index in [1.165, 1.54) is 11.0 Å². The molecule has 0 amide bonds. The Morgan fingerprint density at radius 2 is 1.89 bits per heavy atom. The predicted molar refractivity (Wildman–Crippen MR) is 97.8 cm³/mol. The fourth-order valence-corrected chi connectivity index (χ4v) is 3.05. The second-order valence-corrected chi connectivity index (χ2v) is 6.88. The molecule has 0 aliphatic carbocycles. The molecule has 2 heterocycles. The van der Waals surface area contributed by atoms with Gasteiger partial charge in [0.05, 0.1) is 10.0 Å². The van der Waals surface area contributed by atoms with Crippen molar-refractivity contribution < 1.29 is 18.0 Å². The smallest absolute Gasteiger partial charge is 0.355 e. The van der Waals surface area contributed by atoms with E-state index >= 15 is 0 Å². The minimum absolute atomic E-state index is 0.00744. The number of nitrogens with one attached hydrogen (secondary N) is 1. The summed E-state index contributed by atoms with van der Waals surface area (Å²) in [6.45, 7) is 0.503. The number of alkyl halides is 3. The Bertz CT molecular complexity index is 861. The van der Waals surface area contributed by atoms with E-state index in [-0.39, 0.29) is 30.5 Å². The van der Waals surface area contributed by atoms with E-state index in [0.717, 1.165) is 6.20 Å². The lowest BCUT2D eigenvalue weighted by Gasteiger charge is -2.25. The van der Waals surface area contributed by atoms with E-state index in [4.69, 9.17) is 23.2 Å². The highest BCUT2D eigenvalue weighted by Gasteiger charge is 2.37. The second kappa shape index (κ2) is 7.90. The van der Waals surface area contributed by atoms with E-state index in [9.17, 15) is 18.0 Å². The summed E-state index contributed by atoms with van der Waals surface area (Å²) in [5.41, 5.74) is -0.447. The van der Waals surface area contributed by atoms with Crippen LogP contribution < -0.4 is 10.2 Å². The number of Topliss-reactive ketones (excluding diaryl/α,β-unsaturated/α-hetero) is 1. The molecule has 1 aliphatic rings. The number of benzene rings is 1. The fourth-order valence-electron chi connectivity index (χ4n) is 2.75. The first-order valence-electron chi connectivity index (χ1n) is 8.17. The molecule has 0 radical (unpaired) electrons. The molecule has 1 N–H and O–H groups in total. The number of halogens is 5. The summed E-state index contributed by atoms with van der Waals surface area (Å²) in [7, 11) is 0. The summed E-state index contributed by atoms with van der Waals surface area (Å²) in [4.78, 5) is 20.9. The third-order valence-electron chi connectivity index (χ3n) is 4.09. The standard InChI is InChI=1S/C17H15Cl2F3N4O/c18-13-4-3-10(8-14(13)19)24-16-23-9-12(17(20,21)22)15(25-16)26-6-1-2-11(27)5-7-26/h3-4,8-9H,1-2,5-7H2,(H,23,24,25). The number of hydrogen-bond donors (Lipinski definition) is 1. The van der Waals surface area contributed by atoms with Gasteiger partial charge in [-0.05, 0) is 24.6 Å². The van der Waals surface area contributed by atoms with Gasteiger partial charge in [-0.15, -0.1) is 0 Å². The molecule has 144 valence electrons. The van der Waals surface area contributed by atoms with Crippen LogP contribution in [0.5, 0.6) is 0 Å². The van der Waals surface area contributed by atoms with Crippen LogP contribution in [0.1, 0.15) is 24.8 Å². The van der Waals surface area contributed by atoms with Crippen molar-refractivity contribution in [3.05, 3.63) is 40.0 Å². The topological polar surface area (TPSA) is 58.1 Å². The number of carbonyl (C=O) groups is 1. The van der Waals surface area contributed by atoms with Gasteiger partial charge in [0, 0.05) is 37.8 Å². The number of nitrogens with zero attached hydrogens (tertiary/aromatic N) is 3. The van der Waals surface area contributed by atoms with Gasteiger partial charge in [-0.1, -0.05) is 23.2 Å². The van der Waals surface area contributed by atoms with Crippen molar-refractivity contribution in [2.24, 2.45) is 0 Å². The van der Waals surface area contributed by atoms with Crippen LogP contribution in [0.2, 0.25) is 10.0 Å². The molecular formula is C17H15Cl2F3N4O. The summed E-state index contributed by atoms with van der Waals surface area (Å²) in [6.07, 6.45) is -2.83. The van der Waals surface area contributed by atoms with Gasteiger partial charge in [-0.2, -0.15) is 18.2 Å². The summed E-state index contributed by atoms with van der Waals surface area (Å²) < 4.78 is 40.2. The molecule has 0 unspecified atom stereocenters. The first-order valence-corrected chi connectivity index (χ1v) is 8.92. The summed E-state index contributed by atoms with van der Waals surface area (Å²) in [5, 5.41) is 3.47. The van der Waals surface area contributed by atoms with Crippen LogP contribution >= 0.6 is 23.2 Å². The molecule has 1 aromatic carbocycles. The number of aromatic nitrogens is 2. The van der Waals surface area contributed by atoms with Gasteiger partial charge in [0.15, 0.2) is 0 Å². The van der Waals surface area contributed by atoms with E-state index < -0.39 is 11.7 Å². The van der Waals surface area contributed by atoms with Gasteiger partial charge in [-0.3, -0.25) is 4.79 Å². The van der Waals surface area contributed by atoms with Crippen molar-refractivity contribution in [1.29, 1.82) is 0 Å². The molecular weight excluding hydrogens is 404 g/mol. The Kier molecular flexibility index (Phi) is 5.76.